The number of carbonyl (C=O) groups excluding carboxylic acids is 4. The Morgan fingerprint density at radius 3 is 1.44 bits per heavy atom. The van der Waals surface area contributed by atoms with Gasteiger partial charge in [0.1, 0.15) is 17.1 Å². The summed E-state index contributed by atoms with van der Waals surface area (Å²) in [6, 6.07) is 11.7. The second-order valence-corrected chi connectivity index (χ2v) is 10.4. The summed E-state index contributed by atoms with van der Waals surface area (Å²) in [6.45, 7) is 19.6. The van der Waals surface area contributed by atoms with Gasteiger partial charge < -0.3 is 18.9 Å². The topological polar surface area (TPSA) is 105 Å². The SMILES string of the molecule is C=C(C)C(=O)Oc1ccc(C#Cc2c(F)c(OC(=O)C(=C)C)c(C=Cc3ccc(OC(=O)C(=C)C)cc3)c(F)c2OC(=O)C(=C)C)cc1. The molecule has 0 radical (unpaired) electrons. The zero-order valence-corrected chi connectivity index (χ0v) is 26.6. The molecule has 0 bridgehead atoms. The highest BCUT2D eigenvalue weighted by molar-refractivity contribution is 5.92. The van der Waals surface area contributed by atoms with Gasteiger partial charge in [-0.2, -0.15) is 0 Å². The minimum atomic E-state index is -1.31. The molecule has 0 N–H and O–H groups in total. The fraction of sp³-hybridized carbons (Fsp3) is 0.105. The van der Waals surface area contributed by atoms with E-state index in [1.165, 1.54) is 82.3 Å². The van der Waals surface area contributed by atoms with E-state index < -0.39 is 58.1 Å². The van der Waals surface area contributed by atoms with Crippen molar-refractivity contribution in [3.8, 4) is 34.8 Å². The highest BCUT2D eigenvalue weighted by Gasteiger charge is 2.29. The first-order valence-electron chi connectivity index (χ1n) is 14.0. The molecular formula is C38H30F2O8. The van der Waals surface area contributed by atoms with Gasteiger partial charge in [0.05, 0.1) is 5.56 Å². The molecule has 0 saturated carbocycles. The van der Waals surface area contributed by atoms with Crippen LogP contribution < -0.4 is 18.9 Å². The lowest BCUT2D eigenvalue weighted by Gasteiger charge is -2.16. The largest absolute Gasteiger partial charge is 0.423 e. The van der Waals surface area contributed by atoms with E-state index in [1.807, 2.05) is 0 Å². The summed E-state index contributed by atoms with van der Waals surface area (Å²) >= 11 is 0. The molecule has 10 heteroatoms. The summed E-state index contributed by atoms with van der Waals surface area (Å²) in [5.74, 6) is -2.19. The lowest BCUT2D eigenvalue weighted by molar-refractivity contribution is -0.131. The molecule has 0 heterocycles. The Morgan fingerprint density at radius 2 is 0.979 bits per heavy atom. The molecule has 0 atom stereocenters. The third kappa shape index (κ3) is 9.34. The fourth-order valence-corrected chi connectivity index (χ4v) is 3.43. The molecule has 0 fully saturated rings. The summed E-state index contributed by atoms with van der Waals surface area (Å²) in [7, 11) is 0. The first-order valence-corrected chi connectivity index (χ1v) is 14.0. The Morgan fingerprint density at radius 1 is 0.562 bits per heavy atom. The third-order valence-corrected chi connectivity index (χ3v) is 6.04. The maximum Gasteiger partial charge on any atom is 0.338 e. The average molecular weight is 653 g/mol. The molecule has 48 heavy (non-hydrogen) atoms. The van der Waals surface area contributed by atoms with Crippen molar-refractivity contribution >= 4 is 36.0 Å². The van der Waals surface area contributed by atoms with Crippen LogP contribution in [0.5, 0.6) is 23.0 Å². The Labute approximate surface area is 276 Å². The van der Waals surface area contributed by atoms with Gasteiger partial charge in [0.2, 0.25) is 0 Å². The van der Waals surface area contributed by atoms with Crippen molar-refractivity contribution < 1.29 is 46.9 Å². The van der Waals surface area contributed by atoms with E-state index in [2.05, 4.69) is 38.2 Å². The second kappa shape index (κ2) is 15.8. The van der Waals surface area contributed by atoms with Crippen LogP contribution in [0, 0.1) is 23.5 Å². The van der Waals surface area contributed by atoms with Gasteiger partial charge in [-0.15, -0.1) is 0 Å². The predicted molar refractivity (Wildman–Crippen MR) is 176 cm³/mol. The number of rotatable bonds is 10. The molecule has 3 aromatic rings. The monoisotopic (exact) mass is 652 g/mol. The maximum atomic E-state index is 16.3. The molecule has 0 unspecified atom stereocenters. The zero-order valence-electron chi connectivity index (χ0n) is 26.6. The normalized spacial score (nSPS) is 10.3. The summed E-state index contributed by atoms with van der Waals surface area (Å²) in [6.07, 6.45) is 2.47. The number of halogens is 2. The number of benzene rings is 3. The van der Waals surface area contributed by atoms with Gasteiger partial charge in [0, 0.05) is 27.9 Å². The molecule has 3 rings (SSSR count). The average Bonchev–Trinajstić information content (AvgIpc) is 3.03. The first kappa shape index (κ1) is 36.1. The van der Waals surface area contributed by atoms with Crippen LogP contribution in [0.2, 0.25) is 0 Å². The molecule has 0 amide bonds. The Balaban J connectivity index is 2.16. The highest BCUT2D eigenvalue weighted by Crippen LogP contribution is 2.39. The second-order valence-electron chi connectivity index (χ2n) is 10.4. The molecule has 8 nitrogen and oxygen atoms in total. The number of hydrogen-bond donors (Lipinski definition) is 0. The number of carbonyl (C=O) groups is 4. The van der Waals surface area contributed by atoms with Crippen LogP contribution in [-0.2, 0) is 19.2 Å². The predicted octanol–water partition coefficient (Wildman–Crippen LogP) is 7.46. The van der Waals surface area contributed by atoms with Gasteiger partial charge in [-0.1, -0.05) is 56.4 Å². The minimum absolute atomic E-state index is 0.109. The Kier molecular flexibility index (Phi) is 11.9. The van der Waals surface area contributed by atoms with Gasteiger partial charge in [0.25, 0.3) is 0 Å². The molecule has 0 aliphatic heterocycles. The Bertz CT molecular complexity index is 1950. The van der Waals surface area contributed by atoms with E-state index in [4.69, 9.17) is 18.9 Å². The van der Waals surface area contributed by atoms with Crippen molar-refractivity contribution in [3.63, 3.8) is 0 Å². The van der Waals surface area contributed by atoms with Crippen LogP contribution in [0.25, 0.3) is 12.2 Å². The van der Waals surface area contributed by atoms with Crippen LogP contribution in [-0.4, -0.2) is 23.9 Å². The first-order chi connectivity index (χ1) is 22.6. The van der Waals surface area contributed by atoms with Crippen molar-refractivity contribution in [1.29, 1.82) is 0 Å². The van der Waals surface area contributed by atoms with E-state index in [0.29, 0.717) is 5.56 Å². The molecular weight excluding hydrogens is 622 g/mol. The minimum Gasteiger partial charge on any atom is -0.423 e. The molecule has 0 aromatic heterocycles. The molecule has 0 aliphatic rings. The summed E-state index contributed by atoms with van der Waals surface area (Å²) < 4.78 is 53.2. The van der Waals surface area contributed by atoms with Gasteiger partial charge in [0.15, 0.2) is 23.1 Å². The van der Waals surface area contributed by atoms with Crippen molar-refractivity contribution in [3.05, 3.63) is 131 Å². The summed E-state index contributed by atoms with van der Waals surface area (Å²) in [5.41, 5.74) is -0.423. The van der Waals surface area contributed by atoms with E-state index in [1.54, 1.807) is 0 Å². The van der Waals surface area contributed by atoms with Crippen molar-refractivity contribution in [2.75, 3.05) is 0 Å². The van der Waals surface area contributed by atoms with Crippen LogP contribution in [0.1, 0.15) is 49.9 Å². The summed E-state index contributed by atoms with van der Waals surface area (Å²) in [5, 5.41) is 0. The Hall–Kier alpha value is -6.34. The lowest BCUT2D eigenvalue weighted by Crippen LogP contribution is -2.15. The van der Waals surface area contributed by atoms with Gasteiger partial charge in [-0.05, 0) is 75.7 Å². The van der Waals surface area contributed by atoms with Crippen molar-refractivity contribution in [2.45, 2.75) is 27.7 Å². The van der Waals surface area contributed by atoms with Gasteiger partial charge in [-0.25, -0.2) is 28.0 Å². The fourth-order valence-electron chi connectivity index (χ4n) is 3.43. The molecule has 0 spiro atoms. The van der Waals surface area contributed by atoms with Crippen LogP contribution in [0.4, 0.5) is 8.78 Å². The smallest absolute Gasteiger partial charge is 0.338 e. The van der Waals surface area contributed by atoms with Crippen molar-refractivity contribution in [1.82, 2.24) is 0 Å². The van der Waals surface area contributed by atoms with E-state index >= 15 is 8.78 Å². The number of hydrogen-bond acceptors (Lipinski definition) is 8. The molecule has 244 valence electrons. The van der Waals surface area contributed by atoms with E-state index in [9.17, 15) is 19.2 Å². The number of esters is 4. The third-order valence-electron chi connectivity index (χ3n) is 6.04. The van der Waals surface area contributed by atoms with E-state index in [-0.39, 0.29) is 39.4 Å². The molecule has 0 saturated heterocycles. The van der Waals surface area contributed by atoms with Crippen LogP contribution >= 0.6 is 0 Å². The van der Waals surface area contributed by atoms with Crippen LogP contribution in [0.15, 0.2) is 97.1 Å². The van der Waals surface area contributed by atoms with Gasteiger partial charge >= 0.3 is 23.9 Å². The summed E-state index contributed by atoms with van der Waals surface area (Å²) in [4.78, 5) is 48.6. The maximum absolute atomic E-state index is 16.3. The standard InChI is InChI=1S/C38H30F2O8/c1-21(2)35(41)45-27-15-9-25(10-16-27)13-19-29-31(39)34(48-38(44)24(7)8)30(32(40)33(29)47-37(43)23(5)6)20-14-26-11-17-28(18-12-26)46-36(42)22(3)4/h9-13,15-19H,1,3,5,7H2,2,4,6,8H3. The van der Waals surface area contributed by atoms with E-state index in [0.717, 1.165) is 6.08 Å². The van der Waals surface area contributed by atoms with Crippen LogP contribution in [0.3, 0.4) is 0 Å². The van der Waals surface area contributed by atoms with Crippen molar-refractivity contribution in [2.24, 2.45) is 0 Å². The quantitative estimate of drug-likeness (QED) is 0.0731. The highest BCUT2D eigenvalue weighted by atomic mass is 19.1. The zero-order chi connectivity index (χ0) is 35.7. The number of ether oxygens (including phenoxy) is 4. The lowest BCUT2D eigenvalue weighted by atomic mass is 10.0. The molecule has 0 aliphatic carbocycles. The van der Waals surface area contributed by atoms with Gasteiger partial charge in [-0.3, -0.25) is 0 Å². The molecule has 3 aromatic carbocycles.